The summed E-state index contributed by atoms with van der Waals surface area (Å²) in [5.41, 5.74) is 3.09. The minimum absolute atomic E-state index is 0.128. The van der Waals surface area contributed by atoms with Gasteiger partial charge in [-0.3, -0.25) is 4.79 Å². The summed E-state index contributed by atoms with van der Waals surface area (Å²) in [6, 6.07) is 22.2. The van der Waals surface area contributed by atoms with Crippen LogP contribution in [0.25, 0.3) is 11.5 Å². The number of ether oxygens (including phenoxy) is 1. The molecule has 0 aliphatic carbocycles. The van der Waals surface area contributed by atoms with E-state index < -0.39 is 17.8 Å². The van der Waals surface area contributed by atoms with Gasteiger partial charge in [0.05, 0.1) is 17.9 Å². The van der Waals surface area contributed by atoms with Crippen LogP contribution in [0.3, 0.4) is 0 Å². The smallest absolute Gasteiger partial charge is 0.326 e. The summed E-state index contributed by atoms with van der Waals surface area (Å²) in [4.78, 5) is 28.9. The predicted molar refractivity (Wildman–Crippen MR) is 147 cm³/mol. The third-order valence-corrected chi connectivity index (χ3v) is 6.10. The lowest BCUT2D eigenvalue weighted by molar-refractivity contribution is -0.139. The summed E-state index contributed by atoms with van der Waals surface area (Å²) in [6.07, 6.45) is 2.06. The number of aliphatic carboxylic acids is 1. The van der Waals surface area contributed by atoms with Crippen molar-refractivity contribution in [3.8, 4) is 23.0 Å². The molecule has 1 atom stereocenters. The number of phenolic OH excluding ortho intramolecular Hbond substituents is 1. The fraction of sp³-hybridized carbons (Fsp3) is 0.194. The SMILES string of the molecule is CC(=CC(=O)c1ccccc1O)N[C@@H](Cc1ccc(OCCc2nc(-c3ccccc3)oc2C)cc1)C(=O)O. The number of aromatic hydroxyl groups is 1. The van der Waals surface area contributed by atoms with Crippen LogP contribution in [-0.4, -0.2) is 39.6 Å². The van der Waals surface area contributed by atoms with E-state index in [-0.39, 0.29) is 17.7 Å². The highest BCUT2D eigenvalue weighted by Gasteiger charge is 2.19. The molecule has 0 saturated heterocycles. The predicted octanol–water partition coefficient (Wildman–Crippen LogP) is 5.35. The number of para-hydroxylation sites is 1. The Labute approximate surface area is 226 Å². The molecule has 0 radical (unpaired) electrons. The number of hydrogen-bond donors (Lipinski definition) is 3. The van der Waals surface area contributed by atoms with Gasteiger partial charge in [-0.15, -0.1) is 0 Å². The summed E-state index contributed by atoms with van der Waals surface area (Å²) < 4.78 is 11.7. The molecule has 0 aliphatic rings. The fourth-order valence-corrected chi connectivity index (χ4v) is 4.06. The van der Waals surface area contributed by atoms with Crippen molar-refractivity contribution in [1.82, 2.24) is 10.3 Å². The maximum absolute atomic E-state index is 12.4. The van der Waals surface area contributed by atoms with Gasteiger partial charge in [0.1, 0.15) is 23.3 Å². The Morgan fingerprint density at radius 2 is 1.72 bits per heavy atom. The van der Waals surface area contributed by atoms with E-state index in [0.717, 1.165) is 22.6 Å². The van der Waals surface area contributed by atoms with Gasteiger partial charge in [0.2, 0.25) is 5.89 Å². The lowest BCUT2D eigenvalue weighted by atomic mass is 10.0. The first-order chi connectivity index (χ1) is 18.8. The van der Waals surface area contributed by atoms with Crippen molar-refractivity contribution in [2.45, 2.75) is 32.7 Å². The van der Waals surface area contributed by atoms with E-state index in [0.29, 0.717) is 30.4 Å². The number of carboxylic acids is 1. The maximum Gasteiger partial charge on any atom is 0.326 e. The number of ketones is 1. The molecule has 0 aliphatic heterocycles. The average molecular weight is 527 g/mol. The molecule has 1 aromatic heterocycles. The molecule has 0 saturated carbocycles. The molecule has 3 N–H and O–H groups in total. The van der Waals surface area contributed by atoms with Gasteiger partial charge in [0.25, 0.3) is 0 Å². The van der Waals surface area contributed by atoms with E-state index in [4.69, 9.17) is 9.15 Å². The van der Waals surface area contributed by atoms with E-state index in [9.17, 15) is 19.8 Å². The summed E-state index contributed by atoms with van der Waals surface area (Å²) >= 11 is 0. The zero-order chi connectivity index (χ0) is 27.8. The van der Waals surface area contributed by atoms with Crippen LogP contribution in [0.1, 0.15) is 34.3 Å². The molecule has 8 heteroatoms. The molecular weight excluding hydrogens is 496 g/mol. The van der Waals surface area contributed by atoms with Crippen LogP contribution in [0, 0.1) is 6.92 Å². The van der Waals surface area contributed by atoms with Crippen molar-refractivity contribution >= 4 is 11.8 Å². The number of oxazole rings is 1. The number of carboxylic acid groups (broad SMARTS) is 1. The van der Waals surface area contributed by atoms with Crippen molar-refractivity contribution in [2.24, 2.45) is 0 Å². The molecule has 4 rings (SSSR count). The van der Waals surface area contributed by atoms with Crippen LogP contribution in [0.15, 0.2) is 95.1 Å². The van der Waals surface area contributed by atoms with Crippen LogP contribution in [-0.2, 0) is 17.6 Å². The van der Waals surface area contributed by atoms with Gasteiger partial charge in [0, 0.05) is 30.2 Å². The summed E-state index contributed by atoms with van der Waals surface area (Å²) in [6.45, 7) is 3.91. The summed E-state index contributed by atoms with van der Waals surface area (Å²) in [5.74, 6) is 0.411. The van der Waals surface area contributed by atoms with Crippen LogP contribution >= 0.6 is 0 Å². The van der Waals surface area contributed by atoms with Crippen molar-refractivity contribution in [1.29, 1.82) is 0 Å². The number of carbonyl (C=O) groups is 2. The maximum atomic E-state index is 12.4. The van der Waals surface area contributed by atoms with Crippen LogP contribution < -0.4 is 10.1 Å². The number of allylic oxidation sites excluding steroid dienone is 2. The van der Waals surface area contributed by atoms with E-state index in [1.807, 2.05) is 49.4 Å². The second-order valence-corrected chi connectivity index (χ2v) is 9.08. The van der Waals surface area contributed by atoms with Crippen molar-refractivity contribution in [3.05, 3.63) is 113 Å². The van der Waals surface area contributed by atoms with Crippen LogP contribution in [0.2, 0.25) is 0 Å². The third-order valence-electron chi connectivity index (χ3n) is 6.10. The summed E-state index contributed by atoms with van der Waals surface area (Å²) in [7, 11) is 0. The normalized spacial score (nSPS) is 12.1. The van der Waals surface area contributed by atoms with E-state index in [2.05, 4.69) is 10.3 Å². The Morgan fingerprint density at radius 3 is 2.41 bits per heavy atom. The van der Waals surface area contributed by atoms with Gasteiger partial charge in [-0.2, -0.15) is 0 Å². The van der Waals surface area contributed by atoms with Gasteiger partial charge in [-0.25, -0.2) is 9.78 Å². The number of phenols is 1. The minimum atomic E-state index is -1.05. The largest absolute Gasteiger partial charge is 0.507 e. The molecule has 0 bridgehead atoms. The Morgan fingerprint density at radius 1 is 1.03 bits per heavy atom. The molecule has 0 unspecified atom stereocenters. The van der Waals surface area contributed by atoms with Crippen LogP contribution in [0.5, 0.6) is 11.5 Å². The minimum Gasteiger partial charge on any atom is -0.507 e. The number of benzene rings is 3. The second-order valence-electron chi connectivity index (χ2n) is 9.08. The molecule has 39 heavy (non-hydrogen) atoms. The Bertz CT molecular complexity index is 1460. The zero-order valence-electron chi connectivity index (χ0n) is 21.8. The van der Waals surface area contributed by atoms with Gasteiger partial charge >= 0.3 is 5.97 Å². The number of aryl methyl sites for hydroxylation is 1. The summed E-state index contributed by atoms with van der Waals surface area (Å²) in [5, 5.41) is 22.5. The number of hydrogen-bond acceptors (Lipinski definition) is 7. The monoisotopic (exact) mass is 526 g/mol. The Kier molecular flexibility index (Phi) is 8.78. The topological polar surface area (TPSA) is 122 Å². The molecule has 0 spiro atoms. The van der Waals surface area contributed by atoms with E-state index in [1.165, 1.54) is 18.2 Å². The highest BCUT2D eigenvalue weighted by Crippen LogP contribution is 2.22. The molecule has 200 valence electrons. The van der Waals surface area contributed by atoms with Gasteiger partial charge in [-0.05, 0) is 55.8 Å². The van der Waals surface area contributed by atoms with E-state index >= 15 is 0 Å². The number of nitrogens with zero attached hydrogens (tertiary/aromatic N) is 1. The van der Waals surface area contributed by atoms with Crippen molar-refractivity contribution in [3.63, 3.8) is 0 Å². The molecule has 3 aromatic carbocycles. The van der Waals surface area contributed by atoms with Crippen LogP contribution in [0.4, 0.5) is 0 Å². The molecule has 8 nitrogen and oxygen atoms in total. The van der Waals surface area contributed by atoms with Gasteiger partial charge in [-0.1, -0.05) is 42.5 Å². The number of nitrogens with one attached hydrogen (secondary N) is 1. The second kappa shape index (κ2) is 12.6. The van der Waals surface area contributed by atoms with Gasteiger partial charge in [0.15, 0.2) is 5.78 Å². The number of aromatic nitrogens is 1. The molecule has 1 heterocycles. The molecular formula is C31H30N2O6. The van der Waals surface area contributed by atoms with Crippen molar-refractivity contribution in [2.75, 3.05) is 6.61 Å². The quantitative estimate of drug-likeness (QED) is 0.167. The van der Waals surface area contributed by atoms with Crippen molar-refractivity contribution < 1.29 is 29.0 Å². The molecule has 0 amide bonds. The average Bonchev–Trinajstić information content (AvgIpc) is 3.30. The Balaban J connectivity index is 1.31. The molecule has 4 aromatic rings. The number of rotatable bonds is 12. The highest BCUT2D eigenvalue weighted by molar-refractivity contribution is 6.06. The Hall–Kier alpha value is -4.85. The zero-order valence-corrected chi connectivity index (χ0v) is 21.8. The third kappa shape index (κ3) is 7.35. The highest BCUT2D eigenvalue weighted by atomic mass is 16.5. The first-order valence-corrected chi connectivity index (χ1v) is 12.5. The first kappa shape index (κ1) is 27.2. The van der Waals surface area contributed by atoms with E-state index in [1.54, 1.807) is 31.2 Å². The lowest BCUT2D eigenvalue weighted by Crippen LogP contribution is -2.37. The lowest BCUT2D eigenvalue weighted by Gasteiger charge is -2.16. The standard InChI is InChI=1S/C31H30N2O6/c1-20(18-29(35)25-10-6-7-11-28(25)34)32-27(31(36)37)19-22-12-14-24(15-13-22)38-17-16-26-21(2)39-30(33-26)23-8-4-3-5-9-23/h3-15,18,27,32,34H,16-17,19H2,1-2H3,(H,36,37)/t27-/m0/s1. The van der Waals surface area contributed by atoms with Gasteiger partial charge < -0.3 is 24.7 Å². The molecule has 0 fully saturated rings. The fourth-order valence-electron chi connectivity index (χ4n) is 4.06. The first-order valence-electron chi connectivity index (χ1n) is 12.5. The number of carbonyl (C=O) groups excluding carboxylic acids is 1.